The third kappa shape index (κ3) is 5.72. The van der Waals surface area contributed by atoms with Crippen LogP contribution in [0.25, 0.3) is 0 Å². The Bertz CT molecular complexity index is 414. The minimum absolute atomic E-state index is 0.0762. The molecule has 0 radical (unpaired) electrons. The van der Waals surface area contributed by atoms with Crippen molar-refractivity contribution in [1.29, 1.82) is 0 Å². The standard InChI is InChI=1S/C16H27N3O/c1-12(2)13(3)18-16(20)11-19(4)10-15-7-5-14(9-17)6-8-15/h5-8,12-13H,9-11,17H2,1-4H3,(H,18,20). The molecule has 1 aromatic rings. The van der Waals surface area contributed by atoms with Crippen LogP contribution in [0.2, 0.25) is 0 Å². The average Bonchev–Trinajstić information content (AvgIpc) is 2.39. The highest BCUT2D eigenvalue weighted by Gasteiger charge is 2.12. The number of nitrogens with zero attached hydrogens (tertiary/aromatic N) is 1. The molecule has 1 aromatic carbocycles. The summed E-state index contributed by atoms with van der Waals surface area (Å²) in [5.74, 6) is 0.528. The Hall–Kier alpha value is -1.39. The second-order valence-electron chi connectivity index (χ2n) is 5.79. The van der Waals surface area contributed by atoms with Gasteiger partial charge in [0.15, 0.2) is 0 Å². The quantitative estimate of drug-likeness (QED) is 0.798. The van der Waals surface area contributed by atoms with Gasteiger partial charge in [0.1, 0.15) is 0 Å². The van der Waals surface area contributed by atoms with Crippen molar-refractivity contribution in [2.24, 2.45) is 11.7 Å². The van der Waals surface area contributed by atoms with E-state index in [1.807, 2.05) is 31.0 Å². The van der Waals surface area contributed by atoms with E-state index in [1.54, 1.807) is 0 Å². The van der Waals surface area contributed by atoms with Crippen LogP contribution >= 0.6 is 0 Å². The normalized spacial score (nSPS) is 12.8. The summed E-state index contributed by atoms with van der Waals surface area (Å²) < 4.78 is 0. The zero-order valence-corrected chi connectivity index (χ0v) is 13.0. The van der Waals surface area contributed by atoms with Gasteiger partial charge in [0, 0.05) is 19.1 Å². The van der Waals surface area contributed by atoms with Crippen LogP contribution in [0.15, 0.2) is 24.3 Å². The first kappa shape index (κ1) is 16.7. The van der Waals surface area contributed by atoms with Crippen molar-refractivity contribution in [2.45, 2.75) is 39.9 Å². The summed E-state index contributed by atoms with van der Waals surface area (Å²) in [5.41, 5.74) is 7.89. The molecule has 112 valence electrons. The Morgan fingerprint density at radius 1 is 1.20 bits per heavy atom. The predicted octanol–water partition coefficient (Wildman–Crippen LogP) is 1.74. The fourth-order valence-corrected chi connectivity index (χ4v) is 1.86. The summed E-state index contributed by atoms with van der Waals surface area (Å²) in [6.07, 6.45) is 0. The second-order valence-corrected chi connectivity index (χ2v) is 5.79. The van der Waals surface area contributed by atoms with Gasteiger partial charge in [-0.05, 0) is 31.0 Å². The Kier molecular flexibility index (Phi) is 6.68. The van der Waals surface area contributed by atoms with Crippen molar-refractivity contribution in [2.75, 3.05) is 13.6 Å². The largest absolute Gasteiger partial charge is 0.352 e. The maximum absolute atomic E-state index is 11.9. The van der Waals surface area contributed by atoms with Crippen LogP contribution in [-0.4, -0.2) is 30.4 Å². The fourth-order valence-electron chi connectivity index (χ4n) is 1.86. The molecule has 1 atom stereocenters. The van der Waals surface area contributed by atoms with Gasteiger partial charge >= 0.3 is 0 Å². The first-order chi connectivity index (χ1) is 9.42. The maximum Gasteiger partial charge on any atom is 0.234 e. The zero-order valence-electron chi connectivity index (χ0n) is 13.0. The van der Waals surface area contributed by atoms with E-state index in [-0.39, 0.29) is 11.9 Å². The molecule has 0 aliphatic rings. The summed E-state index contributed by atoms with van der Waals surface area (Å²) in [5, 5.41) is 3.02. The first-order valence-corrected chi connectivity index (χ1v) is 7.18. The number of carbonyl (C=O) groups is 1. The molecule has 4 nitrogen and oxygen atoms in total. The number of likely N-dealkylation sites (N-methyl/N-ethyl adjacent to an activating group) is 1. The van der Waals surface area contributed by atoms with Crippen molar-refractivity contribution in [3.8, 4) is 0 Å². The monoisotopic (exact) mass is 277 g/mol. The van der Waals surface area contributed by atoms with E-state index < -0.39 is 0 Å². The summed E-state index contributed by atoms with van der Waals surface area (Å²) in [7, 11) is 1.95. The lowest BCUT2D eigenvalue weighted by Crippen LogP contribution is -2.41. The van der Waals surface area contributed by atoms with Gasteiger partial charge in [-0.15, -0.1) is 0 Å². The Balaban J connectivity index is 2.42. The van der Waals surface area contributed by atoms with Gasteiger partial charge in [0.2, 0.25) is 5.91 Å². The zero-order chi connectivity index (χ0) is 15.1. The van der Waals surface area contributed by atoms with Crippen LogP contribution in [0.3, 0.4) is 0 Å². The number of hydrogen-bond acceptors (Lipinski definition) is 3. The SMILES string of the molecule is CC(C)C(C)NC(=O)CN(C)Cc1ccc(CN)cc1. The molecule has 1 unspecified atom stereocenters. The van der Waals surface area contributed by atoms with Crippen LogP contribution < -0.4 is 11.1 Å². The third-order valence-corrected chi connectivity index (χ3v) is 3.51. The van der Waals surface area contributed by atoms with Crippen molar-refractivity contribution in [3.63, 3.8) is 0 Å². The van der Waals surface area contributed by atoms with E-state index in [0.717, 1.165) is 12.1 Å². The molecule has 0 heterocycles. The fraction of sp³-hybridized carbons (Fsp3) is 0.562. The van der Waals surface area contributed by atoms with Crippen molar-refractivity contribution >= 4 is 5.91 Å². The van der Waals surface area contributed by atoms with Crippen LogP contribution in [0.1, 0.15) is 31.9 Å². The molecule has 0 saturated heterocycles. The molecule has 0 fully saturated rings. The molecule has 1 amide bonds. The molecule has 4 heteroatoms. The Morgan fingerprint density at radius 2 is 1.75 bits per heavy atom. The van der Waals surface area contributed by atoms with Gasteiger partial charge in [-0.2, -0.15) is 0 Å². The molecule has 0 bridgehead atoms. The van der Waals surface area contributed by atoms with Gasteiger partial charge < -0.3 is 11.1 Å². The molecule has 0 aliphatic heterocycles. The predicted molar refractivity (Wildman–Crippen MR) is 83.1 cm³/mol. The minimum Gasteiger partial charge on any atom is -0.352 e. The summed E-state index contributed by atoms with van der Waals surface area (Å²) in [6, 6.07) is 8.40. The van der Waals surface area contributed by atoms with Crippen LogP contribution in [-0.2, 0) is 17.9 Å². The Morgan fingerprint density at radius 3 is 2.25 bits per heavy atom. The number of benzene rings is 1. The minimum atomic E-state index is 0.0762. The number of carbonyl (C=O) groups excluding carboxylic acids is 1. The van der Waals surface area contributed by atoms with Gasteiger partial charge in [0.05, 0.1) is 6.54 Å². The van der Waals surface area contributed by atoms with Crippen molar-refractivity contribution in [3.05, 3.63) is 35.4 Å². The van der Waals surface area contributed by atoms with E-state index >= 15 is 0 Å². The van der Waals surface area contributed by atoms with E-state index in [4.69, 9.17) is 5.73 Å². The molecule has 20 heavy (non-hydrogen) atoms. The highest BCUT2D eigenvalue weighted by molar-refractivity contribution is 5.78. The number of nitrogens with one attached hydrogen (secondary N) is 1. The topological polar surface area (TPSA) is 58.4 Å². The summed E-state index contributed by atoms with van der Waals surface area (Å²) in [4.78, 5) is 13.9. The first-order valence-electron chi connectivity index (χ1n) is 7.18. The second kappa shape index (κ2) is 8.02. The molecule has 0 aromatic heterocycles. The highest BCUT2D eigenvalue weighted by atomic mass is 16.2. The number of amides is 1. The number of hydrogen-bond donors (Lipinski definition) is 2. The van der Waals surface area contributed by atoms with E-state index in [2.05, 4.69) is 31.3 Å². The van der Waals surface area contributed by atoms with E-state index in [0.29, 0.717) is 19.0 Å². The van der Waals surface area contributed by atoms with Crippen LogP contribution in [0, 0.1) is 5.92 Å². The molecule has 3 N–H and O–H groups in total. The van der Waals surface area contributed by atoms with E-state index in [9.17, 15) is 4.79 Å². The molecule has 0 spiro atoms. The molecular weight excluding hydrogens is 250 g/mol. The maximum atomic E-state index is 11.9. The molecular formula is C16H27N3O. The van der Waals surface area contributed by atoms with Gasteiger partial charge in [0.25, 0.3) is 0 Å². The lowest BCUT2D eigenvalue weighted by Gasteiger charge is -2.21. The average molecular weight is 277 g/mol. The molecule has 0 saturated carbocycles. The Labute approximate surface area is 122 Å². The van der Waals surface area contributed by atoms with Crippen LogP contribution in [0.4, 0.5) is 0 Å². The summed E-state index contributed by atoms with van der Waals surface area (Å²) >= 11 is 0. The number of nitrogens with two attached hydrogens (primary N) is 1. The lowest BCUT2D eigenvalue weighted by molar-refractivity contribution is -0.122. The molecule has 1 rings (SSSR count). The number of rotatable bonds is 7. The van der Waals surface area contributed by atoms with Crippen molar-refractivity contribution < 1.29 is 4.79 Å². The third-order valence-electron chi connectivity index (χ3n) is 3.51. The summed E-state index contributed by atoms with van der Waals surface area (Å²) in [6.45, 7) is 7.98. The smallest absolute Gasteiger partial charge is 0.234 e. The lowest BCUT2D eigenvalue weighted by atomic mass is 10.1. The van der Waals surface area contributed by atoms with Crippen LogP contribution in [0.5, 0.6) is 0 Å². The molecule has 0 aliphatic carbocycles. The highest BCUT2D eigenvalue weighted by Crippen LogP contribution is 2.06. The van der Waals surface area contributed by atoms with Gasteiger partial charge in [-0.1, -0.05) is 38.1 Å². The van der Waals surface area contributed by atoms with E-state index in [1.165, 1.54) is 5.56 Å². The van der Waals surface area contributed by atoms with Gasteiger partial charge in [-0.25, -0.2) is 0 Å². The van der Waals surface area contributed by atoms with Gasteiger partial charge in [-0.3, -0.25) is 9.69 Å². The van der Waals surface area contributed by atoms with Crippen molar-refractivity contribution in [1.82, 2.24) is 10.2 Å².